The normalized spacial score (nSPS) is 23.4. The van der Waals surface area contributed by atoms with E-state index in [9.17, 15) is 23.1 Å². The fraction of sp³-hybridized carbons (Fsp3) is 0.636. The van der Waals surface area contributed by atoms with Crippen LogP contribution in [0.4, 0.5) is 5.69 Å². The van der Waals surface area contributed by atoms with Crippen molar-refractivity contribution in [3.05, 3.63) is 41.3 Å². The molecule has 2 aliphatic rings. The van der Waals surface area contributed by atoms with Crippen molar-refractivity contribution in [2.75, 3.05) is 38.1 Å². The van der Waals surface area contributed by atoms with E-state index in [1.165, 1.54) is 18.6 Å². The van der Waals surface area contributed by atoms with E-state index in [0.29, 0.717) is 18.9 Å². The second kappa shape index (κ2) is 16.2. The Hall–Kier alpha value is -2.67. The van der Waals surface area contributed by atoms with Gasteiger partial charge in [0.1, 0.15) is 9.96 Å². The maximum Gasteiger partial charge on any atom is 0.271 e. The van der Waals surface area contributed by atoms with Crippen LogP contribution in [0.25, 0.3) is 0 Å². The van der Waals surface area contributed by atoms with Crippen molar-refractivity contribution < 1.29 is 32.6 Å². The van der Waals surface area contributed by atoms with Crippen molar-refractivity contribution in [1.82, 2.24) is 9.80 Å². The van der Waals surface area contributed by atoms with Crippen LogP contribution < -0.4 is 9.46 Å². The highest BCUT2D eigenvalue weighted by molar-refractivity contribution is 7.94. The van der Waals surface area contributed by atoms with E-state index in [2.05, 4.69) is 4.72 Å². The molecule has 10 nitrogen and oxygen atoms in total. The summed E-state index contributed by atoms with van der Waals surface area (Å²) in [4.78, 5) is 31.0. The van der Waals surface area contributed by atoms with Gasteiger partial charge in [-0.3, -0.25) is 14.3 Å². The molecule has 2 aromatic rings. The molecule has 2 N–H and O–H groups in total. The number of fused-ring (bicyclic) bond motifs is 1. The molecule has 0 bridgehead atoms. The molecule has 0 spiro atoms. The van der Waals surface area contributed by atoms with Gasteiger partial charge in [-0.2, -0.15) is 0 Å². The van der Waals surface area contributed by atoms with Gasteiger partial charge in [-0.1, -0.05) is 32.3 Å². The minimum absolute atomic E-state index is 0.0504. The quantitative estimate of drug-likeness (QED) is 0.388. The molecule has 1 aromatic heterocycles. The van der Waals surface area contributed by atoms with Crippen molar-refractivity contribution in [3.63, 3.8) is 0 Å². The highest BCUT2D eigenvalue weighted by Crippen LogP contribution is 2.30. The van der Waals surface area contributed by atoms with Crippen LogP contribution in [0, 0.1) is 11.8 Å². The van der Waals surface area contributed by atoms with Gasteiger partial charge in [0.25, 0.3) is 15.9 Å². The first kappa shape index (κ1) is 35.2. The third-order valence-corrected chi connectivity index (χ3v) is 11.6. The van der Waals surface area contributed by atoms with E-state index >= 15 is 0 Å². The third-order valence-electron chi connectivity index (χ3n) is 8.85. The molecule has 2 amide bonds. The number of aliphatic hydroxyl groups is 1. The lowest BCUT2D eigenvalue weighted by atomic mass is 9.88. The number of thiophene rings is 1. The van der Waals surface area contributed by atoms with Crippen molar-refractivity contribution in [3.8, 4) is 5.75 Å². The summed E-state index contributed by atoms with van der Waals surface area (Å²) in [6.07, 6.45) is 7.08. The maximum atomic E-state index is 14.3. The lowest BCUT2D eigenvalue weighted by molar-refractivity contribution is -0.137. The number of rotatable bonds is 8. The lowest BCUT2D eigenvalue weighted by Crippen LogP contribution is -2.48. The van der Waals surface area contributed by atoms with Crippen molar-refractivity contribution >= 4 is 38.9 Å². The van der Waals surface area contributed by atoms with Gasteiger partial charge in [0.15, 0.2) is 0 Å². The topological polar surface area (TPSA) is 125 Å². The SMILES string of the molecule is C[C@@H]1CCCCO[C@H](CN(C)C(=O)C2CCCCC2)[C@H](C)CN([C@@H](C)CO)C(=O)c2cc(NS(=O)(=O)c3cccs3)ccc2O1. The number of hydrogen-bond acceptors (Lipinski definition) is 8. The summed E-state index contributed by atoms with van der Waals surface area (Å²) in [6.45, 7) is 6.66. The first-order chi connectivity index (χ1) is 21.5. The Balaban J connectivity index is 1.63. The first-order valence-corrected chi connectivity index (χ1v) is 18.5. The summed E-state index contributed by atoms with van der Waals surface area (Å²) < 4.78 is 41.4. The van der Waals surface area contributed by atoms with Gasteiger partial charge >= 0.3 is 0 Å². The molecular weight excluding hydrogens is 615 g/mol. The number of nitrogens with one attached hydrogen (secondary N) is 1. The fourth-order valence-corrected chi connectivity index (χ4v) is 8.13. The number of ether oxygens (including phenoxy) is 2. The Kier molecular flexibility index (Phi) is 12.7. The molecule has 1 saturated carbocycles. The maximum absolute atomic E-state index is 14.3. The average Bonchev–Trinajstić information content (AvgIpc) is 3.59. The molecule has 1 aromatic carbocycles. The van der Waals surface area contributed by atoms with Gasteiger partial charge in [-0.15, -0.1) is 11.3 Å². The Labute approximate surface area is 272 Å². The number of carbonyl (C=O) groups is 2. The molecular formula is C33H49N3O7S2. The summed E-state index contributed by atoms with van der Waals surface area (Å²) in [5, 5.41) is 11.9. The van der Waals surface area contributed by atoms with E-state index < -0.39 is 16.1 Å². The highest BCUT2D eigenvalue weighted by Gasteiger charge is 2.32. The van der Waals surface area contributed by atoms with Crippen LogP contribution in [0.3, 0.4) is 0 Å². The number of amides is 2. The van der Waals surface area contributed by atoms with Gasteiger partial charge in [0.05, 0.1) is 30.4 Å². The predicted molar refractivity (Wildman–Crippen MR) is 176 cm³/mol. The Bertz CT molecular complexity index is 1360. The van der Waals surface area contributed by atoms with Crippen LogP contribution in [-0.2, 0) is 19.6 Å². The first-order valence-electron chi connectivity index (χ1n) is 16.2. The number of likely N-dealkylation sites (N-methyl/N-ethyl adjacent to an activating group) is 1. The van der Waals surface area contributed by atoms with E-state index in [1.54, 1.807) is 40.3 Å². The smallest absolute Gasteiger partial charge is 0.271 e. The molecule has 0 saturated heterocycles. The van der Waals surface area contributed by atoms with E-state index in [4.69, 9.17) is 9.47 Å². The summed E-state index contributed by atoms with van der Waals surface area (Å²) in [5.41, 5.74) is 0.446. The van der Waals surface area contributed by atoms with Gasteiger partial charge < -0.3 is 24.4 Å². The lowest BCUT2D eigenvalue weighted by Gasteiger charge is -2.36. The number of nitrogens with zero attached hydrogens (tertiary/aromatic N) is 2. The Morgan fingerprint density at radius 3 is 2.56 bits per heavy atom. The number of carbonyl (C=O) groups excluding carboxylic acids is 2. The zero-order valence-electron chi connectivity index (χ0n) is 26.9. The summed E-state index contributed by atoms with van der Waals surface area (Å²) in [6, 6.07) is 7.38. The Morgan fingerprint density at radius 1 is 1.13 bits per heavy atom. The van der Waals surface area contributed by atoms with Crippen LogP contribution >= 0.6 is 11.3 Å². The van der Waals surface area contributed by atoms with Gasteiger partial charge in [-0.05, 0) is 75.6 Å². The predicted octanol–water partition coefficient (Wildman–Crippen LogP) is 5.38. The number of anilines is 1. The summed E-state index contributed by atoms with van der Waals surface area (Å²) >= 11 is 1.10. The van der Waals surface area contributed by atoms with E-state index in [0.717, 1.165) is 56.3 Å². The molecule has 2 heterocycles. The highest BCUT2D eigenvalue weighted by atomic mass is 32.2. The molecule has 1 aliphatic carbocycles. The molecule has 0 radical (unpaired) electrons. The van der Waals surface area contributed by atoms with Gasteiger partial charge in [0.2, 0.25) is 5.91 Å². The third kappa shape index (κ3) is 9.43. The van der Waals surface area contributed by atoms with Crippen LogP contribution in [0.15, 0.2) is 39.9 Å². The van der Waals surface area contributed by atoms with Crippen LogP contribution in [0.2, 0.25) is 0 Å². The zero-order valence-corrected chi connectivity index (χ0v) is 28.6. The molecule has 250 valence electrons. The molecule has 0 unspecified atom stereocenters. The van der Waals surface area contributed by atoms with Crippen LogP contribution in [-0.4, -0.2) is 86.7 Å². The number of sulfonamides is 1. The standard InChI is InChI=1S/C33H49N3O7S2/c1-23-20-36(24(2)22-37)33(39)28-19-27(34-45(40,41)31-14-10-18-44-31)15-16-29(28)43-25(3)11-8-9-17-42-30(23)21-35(4)32(38)26-12-6-5-7-13-26/h10,14-16,18-19,23-26,30,34,37H,5-9,11-13,17,20-22H2,1-4H3/t23-,24+,25-,30-/m1/s1. The summed E-state index contributed by atoms with van der Waals surface area (Å²) in [7, 11) is -2.00. The summed E-state index contributed by atoms with van der Waals surface area (Å²) in [5.74, 6) is 0.00651. The largest absolute Gasteiger partial charge is 0.490 e. The number of hydrogen-bond donors (Lipinski definition) is 2. The van der Waals surface area contributed by atoms with E-state index in [1.807, 2.05) is 20.9 Å². The zero-order chi connectivity index (χ0) is 32.6. The van der Waals surface area contributed by atoms with E-state index in [-0.39, 0.29) is 64.5 Å². The average molecular weight is 664 g/mol. The second-order valence-electron chi connectivity index (χ2n) is 12.6. The molecule has 1 aliphatic heterocycles. The van der Waals surface area contributed by atoms with Crippen molar-refractivity contribution in [2.45, 2.75) is 94.6 Å². The molecule has 1 fully saturated rings. The molecule has 4 atom stereocenters. The molecule has 4 rings (SSSR count). The minimum atomic E-state index is -3.84. The van der Waals surface area contributed by atoms with Crippen molar-refractivity contribution in [2.24, 2.45) is 11.8 Å². The second-order valence-corrected chi connectivity index (χ2v) is 15.5. The monoisotopic (exact) mass is 663 g/mol. The van der Waals surface area contributed by atoms with Gasteiger partial charge in [0, 0.05) is 44.3 Å². The number of aliphatic hydroxyl groups excluding tert-OH is 1. The van der Waals surface area contributed by atoms with Crippen LogP contribution in [0.1, 0.15) is 82.5 Å². The van der Waals surface area contributed by atoms with Gasteiger partial charge in [-0.25, -0.2) is 8.42 Å². The Morgan fingerprint density at radius 2 is 1.87 bits per heavy atom. The molecule has 45 heavy (non-hydrogen) atoms. The number of benzene rings is 1. The van der Waals surface area contributed by atoms with Crippen LogP contribution in [0.5, 0.6) is 5.75 Å². The van der Waals surface area contributed by atoms with Crippen molar-refractivity contribution in [1.29, 1.82) is 0 Å². The fourth-order valence-electron chi connectivity index (χ4n) is 6.09. The molecule has 12 heteroatoms. The minimum Gasteiger partial charge on any atom is -0.490 e.